The third-order valence-electron chi connectivity index (χ3n) is 5.39. The van der Waals surface area contributed by atoms with Gasteiger partial charge in [-0.1, -0.05) is 34.2 Å². The highest BCUT2D eigenvalue weighted by atomic mass is 35.5. The van der Waals surface area contributed by atoms with Gasteiger partial charge >= 0.3 is 12.4 Å². The molecule has 0 aliphatic carbocycles. The summed E-state index contributed by atoms with van der Waals surface area (Å²) in [4.78, 5) is 17.6. The number of hydrogen-bond donors (Lipinski definition) is 1. The molecule has 0 saturated heterocycles. The Labute approximate surface area is 215 Å². The van der Waals surface area contributed by atoms with E-state index in [1.54, 1.807) is 31.3 Å². The molecular formula is C23H20Cl2F6N2O2S. The van der Waals surface area contributed by atoms with Crippen molar-refractivity contribution >= 4 is 51.2 Å². The van der Waals surface area contributed by atoms with Crippen molar-refractivity contribution in [2.24, 2.45) is 5.16 Å². The van der Waals surface area contributed by atoms with E-state index in [0.717, 1.165) is 12.1 Å². The minimum atomic E-state index is -4.85. The number of nitrogens with one attached hydrogen (secondary N) is 1. The van der Waals surface area contributed by atoms with Gasteiger partial charge in [-0.05, 0) is 55.3 Å². The fraction of sp³-hybridized carbons (Fsp3) is 0.348. The summed E-state index contributed by atoms with van der Waals surface area (Å²) in [6, 6.07) is 6.72. The van der Waals surface area contributed by atoms with Crippen LogP contribution in [0.3, 0.4) is 0 Å². The fourth-order valence-electron chi connectivity index (χ4n) is 3.90. The second-order valence-corrected chi connectivity index (χ2v) is 10.8. The lowest BCUT2D eigenvalue weighted by molar-refractivity contribution is -0.275. The molecule has 0 aromatic heterocycles. The van der Waals surface area contributed by atoms with E-state index in [9.17, 15) is 31.1 Å². The van der Waals surface area contributed by atoms with Crippen molar-refractivity contribution in [1.82, 2.24) is 5.32 Å². The Hall–Kier alpha value is -2.24. The van der Waals surface area contributed by atoms with E-state index in [-0.39, 0.29) is 27.1 Å². The monoisotopic (exact) mass is 572 g/mol. The first-order chi connectivity index (χ1) is 16.5. The van der Waals surface area contributed by atoms with Crippen molar-refractivity contribution in [1.29, 1.82) is 0 Å². The van der Waals surface area contributed by atoms with Gasteiger partial charge in [0.25, 0.3) is 5.60 Å². The van der Waals surface area contributed by atoms with Crippen molar-refractivity contribution in [3.8, 4) is 0 Å². The van der Waals surface area contributed by atoms with Crippen LogP contribution in [-0.2, 0) is 15.2 Å². The number of carbonyl (C=O) groups is 1. The largest absolute Gasteiger partial charge is 0.435 e. The number of carbonyl (C=O) groups excluding carboxylic acids is 1. The van der Waals surface area contributed by atoms with Gasteiger partial charge in [0.15, 0.2) is 0 Å². The molecule has 3 rings (SSSR count). The van der Waals surface area contributed by atoms with E-state index in [2.05, 4.69) is 11.0 Å². The third-order valence-corrected chi connectivity index (χ3v) is 7.66. The summed E-state index contributed by atoms with van der Waals surface area (Å²) in [5, 5.41) is 5.57. The Balaban J connectivity index is 1.87. The standard InChI is InChI=1S/C23H20Cl2F6N2O2S/c1-12-4-14(5-13(2)20(12)36(3)10-19(34)32-11-22(26,27)28)18-9-21(35-33-18,23(29,30)31)15-6-16(24)8-17(25)7-15/h4-8H,3,9-11H2,1-2H3,(H,32,34)/t21-,36?/m0/s1. The Morgan fingerprint density at radius 3 is 2.14 bits per heavy atom. The third kappa shape index (κ3) is 6.18. The van der Waals surface area contributed by atoms with Crippen LogP contribution in [0.15, 0.2) is 40.4 Å². The zero-order valence-corrected chi connectivity index (χ0v) is 21.2. The molecule has 0 fully saturated rings. The van der Waals surface area contributed by atoms with Gasteiger partial charge < -0.3 is 10.2 Å². The first-order valence-electron chi connectivity index (χ1n) is 10.3. The summed E-state index contributed by atoms with van der Waals surface area (Å²) in [6.45, 7) is 1.90. The summed E-state index contributed by atoms with van der Waals surface area (Å²) in [5.41, 5.74) is -1.47. The molecule has 196 valence electrons. The first-order valence-corrected chi connectivity index (χ1v) is 12.6. The molecule has 0 spiro atoms. The molecule has 1 N–H and O–H groups in total. The van der Waals surface area contributed by atoms with E-state index in [1.807, 2.05) is 0 Å². The Morgan fingerprint density at radius 1 is 1.08 bits per heavy atom. The topological polar surface area (TPSA) is 50.7 Å². The molecule has 2 aromatic carbocycles. The van der Waals surface area contributed by atoms with E-state index in [0.29, 0.717) is 21.6 Å². The van der Waals surface area contributed by atoms with Gasteiger partial charge in [0.1, 0.15) is 6.54 Å². The Morgan fingerprint density at radius 2 is 1.64 bits per heavy atom. The molecule has 0 bridgehead atoms. The number of benzene rings is 2. The van der Waals surface area contributed by atoms with Crippen LogP contribution in [0, 0.1) is 13.8 Å². The highest BCUT2D eigenvalue weighted by Gasteiger charge is 2.62. The lowest BCUT2D eigenvalue weighted by atomic mass is 9.86. The predicted octanol–water partition coefficient (Wildman–Crippen LogP) is 6.93. The van der Waals surface area contributed by atoms with Gasteiger partial charge in [0, 0.05) is 32.5 Å². The highest BCUT2D eigenvalue weighted by molar-refractivity contribution is 8.14. The fourth-order valence-corrected chi connectivity index (χ4v) is 6.02. The normalized spacial score (nSPS) is 19.0. The van der Waals surface area contributed by atoms with Crippen LogP contribution in [0.5, 0.6) is 0 Å². The number of alkyl halides is 6. The van der Waals surface area contributed by atoms with Crippen LogP contribution in [0.25, 0.3) is 0 Å². The van der Waals surface area contributed by atoms with Crippen LogP contribution in [0.1, 0.15) is 28.7 Å². The molecule has 0 saturated carbocycles. The van der Waals surface area contributed by atoms with Crippen molar-refractivity contribution in [3.63, 3.8) is 0 Å². The molecule has 4 nitrogen and oxygen atoms in total. The number of rotatable bonds is 6. The number of halogens is 8. The van der Waals surface area contributed by atoms with Crippen LogP contribution in [-0.4, -0.2) is 42.1 Å². The molecular weight excluding hydrogens is 553 g/mol. The molecule has 36 heavy (non-hydrogen) atoms. The van der Waals surface area contributed by atoms with Crippen molar-refractivity contribution in [3.05, 3.63) is 62.6 Å². The van der Waals surface area contributed by atoms with E-state index >= 15 is 0 Å². The quantitative estimate of drug-likeness (QED) is 0.301. The van der Waals surface area contributed by atoms with Gasteiger partial charge in [-0.25, -0.2) is 0 Å². The molecule has 2 atom stereocenters. The van der Waals surface area contributed by atoms with E-state index < -0.39 is 47.3 Å². The molecule has 1 aliphatic heterocycles. The molecule has 0 radical (unpaired) electrons. The van der Waals surface area contributed by atoms with E-state index in [1.165, 1.54) is 6.07 Å². The second-order valence-electron chi connectivity index (χ2n) is 8.26. The van der Waals surface area contributed by atoms with Gasteiger partial charge in [-0.15, -0.1) is 0 Å². The zero-order valence-electron chi connectivity index (χ0n) is 18.9. The SMILES string of the molecule is C=S(CC(=O)NCC(F)(F)F)c1c(C)cc(C2=NO[C@@](c3cc(Cl)cc(Cl)c3)(C(F)(F)F)C2)cc1C. The first kappa shape index (κ1) is 28.3. The average Bonchev–Trinajstić information content (AvgIpc) is 3.17. The van der Waals surface area contributed by atoms with Crippen LogP contribution in [0.4, 0.5) is 26.3 Å². The van der Waals surface area contributed by atoms with E-state index in [4.69, 9.17) is 28.0 Å². The number of aryl methyl sites for hydroxylation is 2. The number of hydrogen-bond acceptors (Lipinski definition) is 3. The van der Waals surface area contributed by atoms with Crippen LogP contribution in [0.2, 0.25) is 10.0 Å². The average molecular weight is 573 g/mol. The highest BCUT2D eigenvalue weighted by Crippen LogP contribution is 2.50. The molecule has 1 aliphatic rings. The molecule has 13 heteroatoms. The second kappa shape index (κ2) is 10.3. The van der Waals surface area contributed by atoms with Crippen LogP contribution >= 0.6 is 33.7 Å². The molecule has 1 heterocycles. The summed E-state index contributed by atoms with van der Waals surface area (Å²) in [7, 11) is -0.999. The summed E-state index contributed by atoms with van der Waals surface area (Å²) < 4.78 is 79.7. The van der Waals surface area contributed by atoms with Gasteiger partial charge in [0.05, 0.1) is 11.5 Å². The van der Waals surface area contributed by atoms with Gasteiger partial charge in [-0.2, -0.15) is 36.8 Å². The van der Waals surface area contributed by atoms with Crippen molar-refractivity contribution < 1.29 is 36.0 Å². The number of amides is 1. The maximum Gasteiger partial charge on any atom is 0.435 e. The lowest BCUT2D eigenvalue weighted by Gasteiger charge is -2.29. The number of nitrogens with zero attached hydrogens (tertiary/aromatic N) is 1. The molecule has 2 aromatic rings. The van der Waals surface area contributed by atoms with Gasteiger partial charge in [-0.3, -0.25) is 4.79 Å². The maximum atomic E-state index is 14.2. The lowest BCUT2D eigenvalue weighted by Crippen LogP contribution is -2.42. The maximum absolute atomic E-state index is 14.2. The Kier molecular flexibility index (Phi) is 8.07. The van der Waals surface area contributed by atoms with Gasteiger partial charge in [0.2, 0.25) is 5.91 Å². The number of oxime groups is 1. The summed E-state index contributed by atoms with van der Waals surface area (Å²) in [5.74, 6) is 2.83. The van der Waals surface area contributed by atoms with Crippen molar-refractivity contribution in [2.75, 3.05) is 12.3 Å². The summed E-state index contributed by atoms with van der Waals surface area (Å²) in [6.07, 6.45) is -10.0. The molecule has 1 amide bonds. The minimum absolute atomic E-state index is 0.0102. The Bertz CT molecular complexity index is 1200. The minimum Gasteiger partial charge on any atom is -0.374 e. The molecule has 1 unspecified atom stereocenters. The van der Waals surface area contributed by atoms with Crippen LogP contribution < -0.4 is 5.32 Å². The van der Waals surface area contributed by atoms with Crippen molar-refractivity contribution in [2.45, 2.75) is 43.1 Å². The predicted molar refractivity (Wildman–Crippen MR) is 129 cm³/mol. The summed E-state index contributed by atoms with van der Waals surface area (Å²) >= 11 is 11.9. The smallest absolute Gasteiger partial charge is 0.374 e. The zero-order chi connectivity index (χ0) is 27.1.